The third-order valence-corrected chi connectivity index (χ3v) is 6.27. The van der Waals surface area contributed by atoms with E-state index in [1.165, 1.54) is 4.31 Å². The maximum Gasteiger partial charge on any atom is 0.243 e. The molecular formula is C15H22N2O3S. The molecule has 1 saturated heterocycles. The van der Waals surface area contributed by atoms with E-state index in [0.717, 1.165) is 43.7 Å². The standard InChI is InChI=1S/C15H22N2O3S/c1-11-9-12-10-14(3-4-15(12)20-11)21(18,19)17(2)13-5-7-16-8-6-13/h3-4,10-11,13,16H,5-9H2,1-2H3. The van der Waals surface area contributed by atoms with Crippen molar-refractivity contribution in [2.45, 2.75) is 43.2 Å². The third-order valence-electron chi connectivity index (χ3n) is 4.37. The molecule has 1 aromatic carbocycles. The Bertz CT molecular complexity index is 624. The summed E-state index contributed by atoms with van der Waals surface area (Å²) in [5.41, 5.74) is 0.988. The summed E-state index contributed by atoms with van der Waals surface area (Å²) in [7, 11) is -1.74. The lowest BCUT2D eigenvalue weighted by molar-refractivity contribution is 0.254. The lowest BCUT2D eigenvalue weighted by Crippen LogP contribution is -2.43. The minimum Gasteiger partial charge on any atom is -0.490 e. The average molecular weight is 310 g/mol. The number of ether oxygens (including phenoxy) is 1. The first-order valence-corrected chi connectivity index (χ1v) is 8.91. The average Bonchev–Trinajstić information content (AvgIpc) is 2.86. The van der Waals surface area contributed by atoms with Crippen LogP contribution in [0.3, 0.4) is 0 Å². The van der Waals surface area contributed by atoms with E-state index in [4.69, 9.17) is 4.74 Å². The lowest BCUT2D eigenvalue weighted by atomic mass is 10.1. The van der Waals surface area contributed by atoms with Crippen LogP contribution >= 0.6 is 0 Å². The van der Waals surface area contributed by atoms with Gasteiger partial charge in [-0.25, -0.2) is 8.42 Å². The number of rotatable bonds is 3. The van der Waals surface area contributed by atoms with Crippen molar-refractivity contribution in [2.75, 3.05) is 20.1 Å². The topological polar surface area (TPSA) is 58.6 Å². The normalized spacial score (nSPS) is 23.1. The van der Waals surface area contributed by atoms with E-state index in [9.17, 15) is 8.42 Å². The highest BCUT2D eigenvalue weighted by molar-refractivity contribution is 7.89. The predicted molar refractivity (Wildman–Crippen MR) is 81.1 cm³/mol. The Balaban J connectivity index is 1.86. The van der Waals surface area contributed by atoms with Gasteiger partial charge in [-0.1, -0.05) is 0 Å². The van der Waals surface area contributed by atoms with E-state index in [1.54, 1.807) is 25.2 Å². The molecule has 2 aliphatic rings. The zero-order chi connectivity index (χ0) is 15.0. The van der Waals surface area contributed by atoms with Gasteiger partial charge in [0, 0.05) is 19.5 Å². The Kier molecular flexibility index (Phi) is 3.94. The number of benzene rings is 1. The second-order valence-corrected chi connectivity index (χ2v) is 7.90. The number of hydrogen-bond acceptors (Lipinski definition) is 4. The molecule has 21 heavy (non-hydrogen) atoms. The van der Waals surface area contributed by atoms with Gasteiger partial charge in [0.2, 0.25) is 10.0 Å². The van der Waals surface area contributed by atoms with Crippen molar-refractivity contribution in [3.05, 3.63) is 23.8 Å². The molecule has 6 heteroatoms. The van der Waals surface area contributed by atoms with Crippen LogP contribution in [0, 0.1) is 0 Å². The van der Waals surface area contributed by atoms with Crippen molar-refractivity contribution in [2.24, 2.45) is 0 Å². The highest BCUT2D eigenvalue weighted by Gasteiger charge is 2.30. The molecule has 116 valence electrons. The molecule has 2 aliphatic heterocycles. The monoisotopic (exact) mass is 310 g/mol. The molecule has 0 bridgehead atoms. The van der Waals surface area contributed by atoms with Gasteiger partial charge in [-0.15, -0.1) is 0 Å². The zero-order valence-corrected chi connectivity index (χ0v) is 13.3. The van der Waals surface area contributed by atoms with Crippen LogP contribution in [0.25, 0.3) is 0 Å². The summed E-state index contributed by atoms with van der Waals surface area (Å²) in [6, 6.07) is 5.29. The molecule has 0 aliphatic carbocycles. The van der Waals surface area contributed by atoms with Gasteiger partial charge in [0.25, 0.3) is 0 Å². The van der Waals surface area contributed by atoms with E-state index >= 15 is 0 Å². The SMILES string of the molecule is CC1Cc2cc(S(=O)(=O)N(C)C3CCNCC3)ccc2O1. The molecule has 0 saturated carbocycles. The molecule has 1 aromatic rings. The first-order chi connectivity index (χ1) is 9.98. The summed E-state index contributed by atoms with van der Waals surface area (Å²) < 4.78 is 32.7. The van der Waals surface area contributed by atoms with E-state index in [1.807, 2.05) is 6.92 Å². The number of nitrogens with one attached hydrogen (secondary N) is 1. The Morgan fingerprint density at radius 2 is 2.00 bits per heavy atom. The number of sulfonamides is 1. The second kappa shape index (κ2) is 5.59. The van der Waals surface area contributed by atoms with Crippen LogP contribution in [0.4, 0.5) is 0 Å². The van der Waals surface area contributed by atoms with Crippen LogP contribution in [-0.2, 0) is 16.4 Å². The largest absolute Gasteiger partial charge is 0.490 e. The first-order valence-electron chi connectivity index (χ1n) is 7.47. The summed E-state index contributed by atoms with van der Waals surface area (Å²) in [5, 5.41) is 3.26. The fraction of sp³-hybridized carbons (Fsp3) is 0.600. The maximum atomic E-state index is 12.8. The number of fused-ring (bicyclic) bond motifs is 1. The van der Waals surface area contributed by atoms with Crippen molar-refractivity contribution in [1.82, 2.24) is 9.62 Å². The highest BCUT2D eigenvalue weighted by Crippen LogP contribution is 2.32. The summed E-state index contributed by atoms with van der Waals surface area (Å²) in [5.74, 6) is 0.811. The van der Waals surface area contributed by atoms with Crippen LogP contribution in [0.1, 0.15) is 25.3 Å². The first kappa shape index (κ1) is 14.8. The molecule has 0 spiro atoms. The summed E-state index contributed by atoms with van der Waals surface area (Å²) >= 11 is 0. The third kappa shape index (κ3) is 2.80. The van der Waals surface area contributed by atoms with Crippen molar-refractivity contribution in [1.29, 1.82) is 0 Å². The Hall–Kier alpha value is -1.11. The minimum absolute atomic E-state index is 0.0830. The van der Waals surface area contributed by atoms with E-state index in [-0.39, 0.29) is 12.1 Å². The van der Waals surface area contributed by atoms with Gasteiger partial charge < -0.3 is 10.1 Å². The molecule has 3 rings (SSSR count). The van der Waals surface area contributed by atoms with E-state index < -0.39 is 10.0 Å². The fourth-order valence-electron chi connectivity index (χ4n) is 3.09. The quantitative estimate of drug-likeness (QED) is 0.916. The van der Waals surface area contributed by atoms with Gasteiger partial charge in [0.1, 0.15) is 11.9 Å². The van der Waals surface area contributed by atoms with Crippen molar-refractivity contribution in [3.63, 3.8) is 0 Å². The smallest absolute Gasteiger partial charge is 0.243 e. The molecule has 1 unspecified atom stereocenters. The Morgan fingerprint density at radius 1 is 1.29 bits per heavy atom. The highest BCUT2D eigenvalue weighted by atomic mass is 32.2. The molecule has 1 fully saturated rings. The van der Waals surface area contributed by atoms with Gasteiger partial charge in [-0.3, -0.25) is 0 Å². The summed E-state index contributed by atoms with van der Waals surface area (Å²) in [4.78, 5) is 0.375. The van der Waals surface area contributed by atoms with Gasteiger partial charge in [-0.05, 0) is 56.6 Å². The van der Waals surface area contributed by atoms with Gasteiger partial charge >= 0.3 is 0 Å². The van der Waals surface area contributed by atoms with E-state index in [2.05, 4.69) is 5.32 Å². The minimum atomic E-state index is -3.43. The van der Waals surface area contributed by atoms with Gasteiger partial charge in [-0.2, -0.15) is 4.31 Å². The molecule has 1 atom stereocenters. The van der Waals surface area contributed by atoms with E-state index in [0.29, 0.717) is 4.90 Å². The predicted octanol–water partition coefficient (Wildman–Crippen LogP) is 1.38. The van der Waals surface area contributed by atoms with Crippen LogP contribution in [0.15, 0.2) is 23.1 Å². The van der Waals surface area contributed by atoms with Gasteiger partial charge in [0.05, 0.1) is 4.90 Å². The molecule has 0 amide bonds. The second-order valence-electron chi connectivity index (χ2n) is 5.90. The van der Waals surface area contributed by atoms with Crippen LogP contribution in [-0.4, -0.2) is 45.0 Å². The number of nitrogens with zero attached hydrogens (tertiary/aromatic N) is 1. The van der Waals surface area contributed by atoms with Gasteiger partial charge in [0.15, 0.2) is 0 Å². The maximum absolute atomic E-state index is 12.8. The Morgan fingerprint density at radius 3 is 2.71 bits per heavy atom. The molecule has 2 heterocycles. The fourth-order valence-corrected chi connectivity index (χ4v) is 4.56. The Labute approximate surface area is 126 Å². The van der Waals surface area contributed by atoms with Crippen LogP contribution in [0.5, 0.6) is 5.75 Å². The molecule has 0 aromatic heterocycles. The molecule has 5 nitrogen and oxygen atoms in total. The summed E-state index contributed by atoms with van der Waals surface area (Å²) in [6.45, 7) is 3.75. The molecular weight excluding hydrogens is 288 g/mol. The van der Waals surface area contributed by atoms with Crippen molar-refractivity contribution in [3.8, 4) is 5.75 Å². The summed E-state index contributed by atoms with van der Waals surface area (Å²) in [6.07, 6.45) is 2.62. The van der Waals surface area contributed by atoms with Crippen molar-refractivity contribution >= 4 is 10.0 Å². The van der Waals surface area contributed by atoms with Crippen molar-refractivity contribution < 1.29 is 13.2 Å². The number of hydrogen-bond donors (Lipinski definition) is 1. The lowest BCUT2D eigenvalue weighted by Gasteiger charge is -2.30. The van der Waals surface area contributed by atoms with Crippen LogP contribution < -0.4 is 10.1 Å². The molecule has 0 radical (unpaired) electrons. The number of piperidine rings is 1. The van der Waals surface area contributed by atoms with Crippen LogP contribution in [0.2, 0.25) is 0 Å². The molecule has 1 N–H and O–H groups in total. The zero-order valence-electron chi connectivity index (χ0n) is 12.5.